The highest BCUT2D eigenvalue weighted by Gasteiger charge is 2.09. The van der Waals surface area contributed by atoms with E-state index in [-0.39, 0.29) is 6.61 Å². The lowest BCUT2D eigenvalue weighted by Gasteiger charge is -2.07. The van der Waals surface area contributed by atoms with E-state index in [1.807, 2.05) is 18.2 Å². The minimum atomic E-state index is 0.149. The second-order valence-electron chi connectivity index (χ2n) is 4.49. The minimum Gasteiger partial charge on any atom is -0.395 e. The van der Waals surface area contributed by atoms with E-state index >= 15 is 0 Å². The molecule has 2 aromatic rings. The Morgan fingerprint density at radius 3 is 2.78 bits per heavy atom. The maximum atomic E-state index is 9.17. The molecule has 4 heteroatoms. The van der Waals surface area contributed by atoms with Crippen molar-refractivity contribution < 1.29 is 5.11 Å². The van der Waals surface area contributed by atoms with Gasteiger partial charge in [-0.3, -0.25) is 0 Å². The number of para-hydroxylation sites is 2. The molecular weight excluding hydrogens is 226 g/mol. The van der Waals surface area contributed by atoms with Crippen LogP contribution < -0.4 is 5.73 Å². The van der Waals surface area contributed by atoms with Gasteiger partial charge in [0, 0.05) is 13.0 Å². The normalized spacial score (nSPS) is 11.2. The van der Waals surface area contributed by atoms with Crippen molar-refractivity contribution in [1.82, 2.24) is 9.55 Å². The fraction of sp³-hybridized carbons (Fsp3) is 0.500. The largest absolute Gasteiger partial charge is 0.395 e. The summed E-state index contributed by atoms with van der Waals surface area (Å²) in [5.41, 5.74) is 7.62. The molecule has 0 saturated heterocycles. The number of nitrogens with zero attached hydrogens (tertiary/aromatic N) is 2. The first-order valence-corrected chi connectivity index (χ1v) is 6.62. The molecule has 1 aromatic carbocycles. The van der Waals surface area contributed by atoms with E-state index in [1.165, 1.54) is 0 Å². The highest BCUT2D eigenvalue weighted by molar-refractivity contribution is 5.75. The molecule has 18 heavy (non-hydrogen) atoms. The van der Waals surface area contributed by atoms with Crippen molar-refractivity contribution in [3.8, 4) is 0 Å². The molecule has 2 rings (SSSR count). The third-order valence-corrected chi connectivity index (χ3v) is 3.16. The van der Waals surface area contributed by atoms with Crippen LogP contribution in [-0.4, -0.2) is 27.8 Å². The van der Waals surface area contributed by atoms with E-state index in [0.29, 0.717) is 6.54 Å². The highest BCUT2D eigenvalue weighted by atomic mass is 16.3. The molecule has 0 atom stereocenters. The molecule has 0 radical (unpaired) electrons. The van der Waals surface area contributed by atoms with Crippen molar-refractivity contribution in [3.63, 3.8) is 0 Å². The first-order valence-electron chi connectivity index (χ1n) is 6.62. The predicted octanol–water partition coefficient (Wildman–Crippen LogP) is 1.70. The lowest BCUT2D eigenvalue weighted by atomic mass is 10.2. The van der Waals surface area contributed by atoms with Gasteiger partial charge in [-0.2, -0.15) is 0 Å². The first kappa shape index (κ1) is 13.1. The molecule has 1 heterocycles. The van der Waals surface area contributed by atoms with Crippen LogP contribution in [0, 0.1) is 0 Å². The molecular formula is C14H21N3O. The Morgan fingerprint density at radius 2 is 2.00 bits per heavy atom. The number of aliphatic hydroxyl groups is 1. The molecule has 0 aliphatic heterocycles. The van der Waals surface area contributed by atoms with Crippen LogP contribution in [0.25, 0.3) is 11.0 Å². The number of aryl methyl sites for hydroxylation is 1. The van der Waals surface area contributed by atoms with Crippen LogP contribution >= 0.6 is 0 Å². The summed E-state index contributed by atoms with van der Waals surface area (Å²) in [6, 6.07) is 8.08. The van der Waals surface area contributed by atoms with Gasteiger partial charge in [0.05, 0.1) is 17.6 Å². The van der Waals surface area contributed by atoms with Crippen molar-refractivity contribution >= 4 is 11.0 Å². The van der Waals surface area contributed by atoms with Gasteiger partial charge in [-0.25, -0.2) is 4.98 Å². The number of imidazole rings is 1. The fourth-order valence-electron chi connectivity index (χ4n) is 2.27. The van der Waals surface area contributed by atoms with E-state index in [9.17, 15) is 0 Å². The number of hydrogen-bond acceptors (Lipinski definition) is 3. The van der Waals surface area contributed by atoms with Gasteiger partial charge in [-0.15, -0.1) is 0 Å². The summed E-state index contributed by atoms with van der Waals surface area (Å²) in [6.07, 6.45) is 4.26. The summed E-state index contributed by atoms with van der Waals surface area (Å²) < 4.78 is 2.12. The summed E-state index contributed by atoms with van der Waals surface area (Å²) in [7, 11) is 0. The molecule has 0 aliphatic carbocycles. The molecule has 3 N–H and O–H groups in total. The number of fused-ring (bicyclic) bond motifs is 1. The highest BCUT2D eigenvalue weighted by Crippen LogP contribution is 2.17. The van der Waals surface area contributed by atoms with Crippen LogP contribution in [0.1, 0.15) is 25.1 Å². The van der Waals surface area contributed by atoms with E-state index in [1.54, 1.807) is 0 Å². The van der Waals surface area contributed by atoms with E-state index in [0.717, 1.165) is 49.1 Å². The number of hydrogen-bond donors (Lipinski definition) is 2. The predicted molar refractivity (Wildman–Crippen MR) is 73.4 cm³/mol. The number of aliphatic hydroxyl groups excluding tert-OH is 1. The molecule has 0 fully saturated rings. The van der Waals surface area contributed by atoms with Crippen LogP contribution in [0.4, 0.5) is 0 Å². The number of rotatable bonds is 7. The molecule has 0 bridgehead atoms. The second-order valence-corrected chi connectivity index (χ2v) is 4.49. The van der Waals surface area contributed by atoms with Gasteiger partial charge in [0.15, 0.2) is 0 Å². The Morgan fingerprint density at radius 1 is 1.17 bits per heavy atom. The topological polar surface area (TPSA) is 64.1 Å². The van der Waals surface area contributed by atoms with Gasteiger partial charge in [0.2, 0.25) is 0 Å². The van der Waals surface area contributed by atoms with Gasteiger partial charge < -0.3 is 15.4 Å². The van der Waals surface area contributed by atoms with Crippen LogP contribution in [0.5, 0.6) is 0 Å². The maximum absolute atomic E-state index is 9.17. The smallest absolute Gasteiger partial charge is 0.109 e. The molecule has 0 unspecified atom stereocenters. The summed E-state index contributed by atoms with van der Waals surface area (Å²) in [5.74, 6) is 1.07. The third kappa shape index (κ3) is 2.89. The Balaban J connectivity index is 2.17. The van der Waals surface area contributed by atoms with E-state index in [2.05, 4.69) is 15.6 Å². The van der Waals surface area contributed by atoms with Crippen molar-refractivity contribution in [3.05, 3.63) is 30.1 Å². The summed E-state index contributed by atoms with van der Waals surface area (Å²) in [4.78, 5) is 4.65. The maximum Gasteiger partial charge on any atom is 0.109 e. The molecule has 0 saturated carbocycles. The van der Waals surface area contributed by atoms with Crippen LogP contribution in [0.15, 0.2) is 24.3 Å². The quantitative estimate of drug-likeness (QED) is 0.732. The zero-order valence-corrected chi connectivity index (χ0v) is 10.7. The number of benzene rings is 1. The van der Waals surface area contributed by atoms with Crippen molar-refractivity contribution in [2.75, 3.05) is 13.2 Å². The van der Waals surface area contributed by atoms with E-state index < -0.39 is 0 Å². The molecule has 0 spiro atoms. The lowest BCUT2D eigenvalue weighted by molar-refractivity contribution is 0.276. The SMILES string of the molecule is NCCCCCc1nc2ccccc2n1CCO. The molecule has 0 amide bonds. The van der Waals surface area contributed by atoms with Crippen molar-refractivity contribution in [1.29, 1.82) is 0 Å². The Kier molecular flexibility index (Phi) is 4.73. The Hall–Kier alpha value is -1.39. The van der Waals surface area contributed by atoms with Gasteiger partial charge in [0.25, 0.3) is 0 Å². The zero-order chi connectivity index (χ0) is 12.8. The molecule has 4 nitrogen and oxygen atoms in total. The summed E-state index contributed by atoms with van der Waals surface area (Å²) in [6.45, 7) is 1.52. The Labute approximate surface area is 107 Å². The summed E-state index contributed by atoms with van der Waals surface area (Å²) in [5, 5.41) is 9.17. The standard InChI is InChI=1S/C14H21N3O/c15-9-5-1-2-8-14-16-12-6-3-4-7-13(12)17(14)10-11-18/h3-4,6-7,18H,1-2,5,8-11,15H2. The van der Waals surface area contributed by atoms with Crippen LogP contribution in [0.2, 0.25) is 0 Å². The van der Waals surface area contributed by atoms with E-state index in [4.69, 9.17) is 10.8 Å². The fourth-order valence-corrected chi connectivity index (χ4v) is 2.27. The van der Waals surface area contributed by atoms with Gasteiger partial charge in [-0.1, -0.05) is 18.6 Å². The van der Waals surface area contributed by atoms with Crippen LogP contribution in [0.3, 0.4) is 0 Å². The van der Waals surface area contributed by atoms with Gasteiger partial charge in [-0.05, 0) is 31.5 Å². The monoisotopic (exact) mass is 247 g/mol. The molecule has 0 aliphatic rings. The average molecular weight is 247 g/mol. The average Bonchev–Trinajstić information content (AvgIpc) is 2.74. The number of unbranched alkanes of at least 4 members (excludes halogenated alkanes) is 2. The molecule has 98 valence electrons. The minimum absolute atomic E-state index is 0.149. The molecule has 1 aromatic heterocycles. The lowest BCUT2D eigenvalue weighted by Crippen LogP contribution is -2.07. The van der Waals surface area contributed by atoms with Gasteiger partial charge in [0.1, 0.15) is 5.82 Å². The second kappa shape index (κ2) is 6.52. The van der Waals surface area contributed by atoms with Crippen LogP contribution in [-0.2, 0) is 13.0 Å². The Bertz CT molecular complexity index is 493. The zero-order valence-electron chi connectivity index (χ0n) is 10.7. The van der Waals surface area contributed by atoms with Crippen molar-refractivity contribution in [2.45, 2.75) is 32.2 Å². The van der Waals surface area contributed by atoms with Crippen molar-refractivity contribution in [2.24, 2.45) is 5.73 Å². The summed E-state index contributed by atoms with van der Waals surface area (Å²) >= 11 is 0. The van der Waals surface area contributed by atoms with Gasteiger partial charge >= 0.3 is 0 Å². The first-order chi connectivity index (χ1) is 8.86. The number of nitrogens with two attached hydrogens (primary N) is 1. The third-order valence-electron chi connectivity index (χ3n) is 3.16. The number of aromatic nitrogens is 2.